The number of carbonyl (C=O) groups excluding carboxylic acids is 2. The lowest BCUT2D eigenvalue weighted by Crippen LogP contribution is -2.13. The Hall–Kier alpha value is -0.930. The molecule has 0 aromatic heterocycles. The number of hydrogen-bond acceptors (Lipinski definition) is 3. The van der Waals surface area contributed by atoms with Crippen LogP contribution in [0.5, 0.6) is 0 Å². The zero-order valence-corrected chi connectivity index (χ0v) is 4.96. The Bertz CT molecular complexity index is 113. The van der Waals surface area contributed by atoms with Crippen molar-refractivity contribution in [2.45, 2.75) is 19.7 Å². The molecule has 0 amide bonds. The fourth-order valence-electron chi connectivity index (χ4n) is 0.237. The minimum Gasteiger partial charge on any atom is -0.424 e. The monoisotopic (exact) mass is 134 g/mol. The molecule has 0 heterocycles. The van der Waals surface area contributed by atoms with Gasteiger partial charge in [0.25, 0.3) is 6.36 Å². The Balaban J connectivity index is 3.46. The Kier molecular flexibility index (Phi) is 3.59. The Morgan fingerprint density at radius 3 is 2.78 bits per heavy atom. The first-order valence-corrected chi connectivity index (χ1v) is 2.49. The van der Waals surface area contributed by atoms with Crippen LogP contribution in [-0.4, -0.2) is 18.6 Å². The van der Waals surface area contributed by atoms with Crippen molar-refractivity contribution in [1.82, 2.24) is 0 Å². The molecule has 52 valence electrons. The number of halogens is 1. The van der Waals surface area contributed by atoms with Crippen LogP contribution in [0, 0.1) is 0 Å². The van der Waals surface area contributed by atoms with Gasteiger partial charge in [-0.2, -0.15) is 4.39 Å². The van der Waals surface area contributed by atoms with E-state index in [9.17, 15) is 14.0 Å². The SMILES string of the molecule is CCC(=O)OC(F)C=O. The maximum Gasteiger partial charge on any atom is 0.308 e. The zero-order valence-electron chi connectivity index (χ0n) is 4.96. The van der Waals surface area contributed by atoms with E-state index in [0.717, 1.165) is 0 Å². The van der Waals surface area contributed by atoms with Gasteiger partial charge in [0.15, 0.2) is 6.29 Å². The second-order valence-corrected chi connectivity index (χ2v) is 1.33. The molecular formula is C5H7FO3. The lowest BCUT2D eigenvalue weighted by Gasteiger charge is -1.99. The molecule has 0 aromatic rings. The lowest BCUT2D eigenvalue weighted by atomic mass is 10.5. The molecule has 0 saturated heterocycles. The molecule has 0 spiro atoms. The number of hydrogen-bond donors (Lipinski definition) is 0. The van der Waals surface area contributed by atoms with Crippen molar-refractivity contribution in [2.75, 3.05) is 0 Å². The average Bonchev–Trinajstić information content (AvgIpc) is 1.87. The molecule has 0 fully saturated rings. The lowest BCUT2D eigenvalue weighted by molar-refractivity contribution is -0.160. The third-order valence-corrected chi connectivity index (χ3v) is 0.640. The van der Waals surface area contributed by atoms with Crippen molar-refractivity contribution in [2.24, 2.45) is 0 Å². The van der Waals surface area contributed by atoms with Crippen LogP contribution in [0.25, 0.3) is 0 Å². The third kappa shape index (κ3) is 3.64. The first-order valence-electron chi connectivity index (χ1n) is 2.49. The first kappa shape index (κ1) is 8.07. The van der Waals surface area contributed by atoms with Gasteiger partial charge in [0, 0.05) is 6.42 Å². The van der Waals surface area contributed by atoms with Gasteiger partial charge in [-0.15, -0.1) is 0 Å². The van der Waals surface area contributed by atoms with Crippen LogP contribution in [0.2, 0.25) is 0 Å². The molecule has 0 bridgehead atoms. The van der Waals surface area contributed by atoms with Gasteiger partial charge in [-0.25, -0.2) is 0 Å². The van der Waals surface area contributed by atoms with E-state index in [1.807, 2.05) is 0 Å². The number of esters is 1. The molecule has 9 heavy (non-hydrogen) atoms. The highest BCUT2D eigenvalue weighted by atomic mass is 19.1. The summed E-state index contributed by atoms with van der Waals surface area (Å²) in [6, 6.07) is 0. The second kappa shape index (κ2) is 4.00. The number of ether oxygens (including phenoxy) is 1. The van der Waals surface area contributed by atoms with E-state index >= 15 is 0 Å². The minimum absolute atomic E-state index is 0.0758. The van der Waals surface area contributed by atoms with Gasteiger partial charge in [-0.1, -0.05) is 6.92 Å². The summed E-state index contributed by atoms with van der Waals surface area (Å²) < 4.78 is 15.6. The van der Waals surface area contributed by atoms with Gasteiger partial charge in [0.1, 0.15) is 0 Å². The van der Waals surface area contributed by atoms with Crippen LogP contribution in [0.1, 0.15) is 13.3 Å². The summed E-state index contributed by atoms with van der Waals surface area (Å²) in [6.07, 6.45) is -2.10. The molecule has 0 aliphatic rings. The standard InChI is InChI=1S/C5H7FO3/c1-2-5(8)9-4(6)3-7/h3-4H,2H2,1H3. The van der Waals surface area contributed by atoms with Crippen molar-refractivity contribution < 1.29 is 18.7 Å². The molecule has 1 atom stereocenters. The number of alkyl halides is 1. The first-order chi connectivity index (χ1) is 4.20. The van der Waals surface area contributed by atoms with Gasteiger partial charge in [-0.05, 0) is 0 Å². The summed E-state index contributed by atoms with van der Waals surface area (Å²) >= 11 is 0. The fraction of sp³-hybridized carbons (Fsp3) is 0.600. The molecule has 3 nitrogen and oxygen atoms in total. The highest BCUT2D eigenvalue weighted by Crippen LogP contribution is 1.91. The van der Waals surface area contributed by atoms with Gasteiger partial charge in [-0.3, -0.25) is 9.59 Å². The Labute approximate surface area is 51.8 Å². The predicted molar refractivity (Wildman–Crippen MR) is 27.3 cm³/mol. The van der Waals surface area contributed by atoms with Gasteiger partial charge < -0.3 is 4.74 Å². The van der Waals surface area contributed by atoms with Crippen LogP contribution in [0.3, 0.4) is 0 Å². The largest absolute Gasteiger partial charge is 0.424 e. The number of carbonyl (C=O) groups is 2. The van der Waals surface area contributed by atoms with Crippen LogP contribution >= 0.6 is 0 Å². The highest BCUT2D eigenvalue weighted by Gasteiger charge is 2.07. The van der Waals surface area contributed by atoms with Crippen LogP contribution in [0.4, 0.5) is 4.39 Å². The average molecular weight is 134 g/mol. The molecular weight excluding hydrogens is 127 g/mol. The zero-order chi connectivity index (χ0) is 7.28. The second-order valence-electron chi connectivity index (χ2n) is 1.33. The number of rotatable bonds is 3. The molecule has 0 N–H and O–H groups in total. The van der Waals surface area contributed by atoms with E-state index in [0.29, 0.717) is 0 Å². The summed E-state index contributed by atoms with van der Waals surface area (Å²) in [5.74, 6) is -0.713. The molecule has 0 aromatic carbocycles. The quantitative estimate of drug-likeness (QED) is 0.415. The number of aldehydes is 1. The molecule has 0 radical (unpaired) electrons. The van der Waals surface area contributed by atoms with Crippen molar-refractivity contribution in [3.05, 3.63) is 0 Å². The summed E-state index contributed by atoms with van der Waals surface area (Å²) in [5.41, 5.74) is 0. The Morgan fingerprint density at radius 2 is 2.44 bits per heavy atom. The molecule has 0 aliphatic carbocycles. The van der Waals surface area contributed by atoms with E-state index < -0.39 is 12.3 Å². The van der Waals surface area contributed by atoms with E-state index in [2.05, 4.69) is 4.74 Å². The van der Waals surface area contributed by atoms with E-state index in [4.69, 9.17) is 0 Å². The highest BCUT2D eigenvalue weighted by molar-refractivity contribution is 5.71. The summed E-state index contributed by atoms with van der Waals surface area (Å²) in [7, 11) is 0. The summed E-state index contributed by atoms with van der Waals surface area (Å²) in [4.78, 5) is 19.7. The third-order valence-electron chi connectivity index (χ3n) is 0.640. The Morgan fingerprint density at radius 1 is 1.89 bits per heavy atom. The van der Waals surface area contributed by atoms with Crippen molar-refractivity contribution >= 4 is 12.3 Å². The van der Waals surface area contributed by atoms with Gasteiger partial charge >= 0.3 is 5.97 Å². The van der Waals surface area contributed by atoms with E-state index in [1.165, 1.54) is 6.92 Å². The smallest absolute Gasteiger partial charge is 0.308 e. The molecule has 0 aliphatic heterocycles. The van der Waals surface area contributed by atoms with Crippen molar-refractivity contribution in [3.8, 4) is 0 Å². The molecule has 0 rings (SSSR count). The fourth-order valence-corrected chi connectivity index (χ4v) is 0.237. The van der Waals surface area contributed by atoms with Gasteiger partial charge in [0.2, 0.25) is 0 Å². The van der Waals surface area contributed by atoms with Crippen LogP contribution in [0.15, 0.2) is 0 Å². The maximum absolute atomic E-state index is 11.8. The van der Waals surface area contributed by atoms with Crippen LogP contribution < -0.4 is 0 Å². The minimum atomic E-state index is -2.10. The predicted octanol–water partition coefficient (Wildman–Crippen LogP) is 0.434. The van der Waals surface area contributed by atoms with E-state index in [-0.39, 0.29) is 12.7 Å². The topological polar surface area (TPSA) is 43.4 Å². The van der Waals surface area contributed by atoms with Gasteiger partial charge in [0.05, 0.1) is 0 Å². The molecule has 0 saturated carbocycles. The molecule has 4 heteroatoms. The maximum atomic E-state index is 11.8. The van der Waals surface area contributed by atoms with Crippen LogP contribution in [-0.2, 0) is 14.3 Å². The van der Waals surface area contributed by atoms with E-state index in [1.54, 1.807) is 0 Å². The van der Waals surface area contributed by atoms with Crippen molar-refractivity contribution in [1.29, 1.82) is 0 Å². The normalized spacial score (nSPS) is 12.2. The summed E-state index contributed by atoms with van der Waals surface area (Å²) in [6.45, 7) is 1.51. The molecule has 1 unspecified atom stereocenters. The summed E-state index contributed by atoms with van der Waals surface area (Å²) in [5, 5.41) is 0. The van der Waals surface area contributed by atoms with Crippen molar-refractivity contribution in [3.63, 3.8) is 0 Å².